The van der Waals surface area contributed by atoms with Crippen molar-refractivity contribution in [2.24, 2.45) is 0 Å². The molecule has 0 atom stereocenters. The molecule has 140 valence electrons. The van der Waals surface area contributed by atoms with Crippen LogP contribution >= 0.6 is 11.8 Å². The molecule has 5 nitrogen and oxygen atoms in total. The smallest absolute Gasteiger partial charge is 0.266 e. The molecule has 0 amide bonds. The van der Waals surface area contributed by atoms with Crippen LogP contribution in [-0.4, -0.2) is 48.2 Å². The molecule has 1 aromatic heterocycles. The first-order valence-electron chi connectivity index (χ1n) is 9.04. The zero-order valence-electron chi connectivity index (χ0n) is 14.9. The second-order valence-corrected chi connectivity index (χ2v) is 7.55. The normalized spacial score (nSPS) is 15.3. The van der Waals surface area contributed by atoms with E-state index < -0.39 is 0 Å². The number of halogens is 1. The summed E-state index contributed by atoms with van der Waals surface area (Å²) in [5.74, 6) is 0.520. The number of fused-ring (bicyclic) bond motifs is 1. The van der Waals surface area contributed by atoms with Gasteiger partial charge in [-0.2, -0.15) is 0 Å². The van der Waals surface area contributed by atoms with Gasteiger partial charge in [-0.05, 0) is 36.4 Å². The van der Waals surface area contributed by atoms with Crippen molar-refractivity contribution in [3.05, 3.63) is 64.7 Å². The van der Waals surface area contributed by atoms with Crippen molar-refractivity contribution in [1.82, 2.24) is 9.55 Å². The third-order valence-electron chi connectivity index (χ3n) is 4.72. The van der Waals surface area contributed by atoms with Crippen LogP contribution < -0.4 is 10.5 Å². The van der Waals surface area contributed by atoms with E-state index in [1.54, 1.807) is 34.5 Å². The lowest BCUT2D eigenvalue weighted by Crippen LogP contribution is -3.14. The van der Waals surface area contributed by atoms with Gasteiger partial charge in [0.15, 0.2) is 5.16 Å². The third kappa shape index (κ3) is 4.05. The molecular formula is C20H21FN3O2S+. The molecule has 0 bridgehead atoms. The molecule has 1 aliphatic heterocycles. The summed E-state index contributed by atoms with van der Waals surface area (Å²) >= 11 is 1.57. The van der Waals surface area contributed by atoms with Gasteiger partial charge in [0.1, 0.15) is 18.9 Å². The average molecular weight is 386 g/mol. The van der Waals surface area contributed by atoms with Gasteiger partial charge in [0, 0.05) is 0 Å². The van der Waals surface area contributed by atoms with Crippen LogP contribution in [-0.2, 0) is 4.74 Å². The molecule has 0 unspecified atom stereocenters. The van der Waals surface area contributed by atoms with Gasteiger partial charge in [0.05, 0.1) is 42.1 Å². The maximum Gasteiger partial charge on any atom is 0.266 e. The summed E-state index contributed by atoms with van der Waals surface area (Å²) < 4.78 is 20.3. The lowest BCUT2D eigenvalue weighted by atomic mass is 10.2. The van der Waals surface area contributed by atoms with Crippen LogP contribution in [0.3, 0.4) is 0 Å². The van der Waals surface area contributed by atoms with Gasteiger partial charge in [-0.25, -0.2) is 9.37 Å². The topological polar surface area (TPSA) is 48.6 Å². The Bertz CT molecular complexity index is 985. The maximum absolute atomic E-state index is 13.3. The Morgan fingerprint density at radius 3 is 2.63 bits per heavy atom. The molecule has 0 radical (unpaired) electrons. The largest absolute Gasteiger partial charge is 0.370 e. The highest BCUT2D eigenvalue weighted by Gasteiger charge is 2.16. The van der Waals surface area contributed by atoms with Crippen LogP contribution in [0.1, 0.15) is 0 Å². The number of thioether (sulfide) groups is 1. The minimum Gasteiger partial charge on any atom is -0.370 e. The van der Waals surface area contributed by atoms with Gasteiger partial charge in [0.2, 0.25) is 0 Å². The molecule has 4 rings (SSSR count). The minimum absolute atomic E-state index is 0.131. The second-order valence-electron chi connectivity index (χ2n) is 6.49. The number of benzene rings is 2. The monoisotopic (exact) mass is 386 g/mol. The molecule has 1 saturated heterocycles. The summed E-state index contributed by atoms with van der Waals surface area (Å²) in [6.45, 7) is 4.61. The van der Waals surface area contributed by atoms with Crippen LogP contribution in [0.2, 0.25) is 0 Å². The van der Waals surface area contributed by atoms with Gasteiger partial charge in [-0.1, -0.05) is 23.9 Å². The fourth-order valence-electron chi connectivity index (χ4n) is 3.22. The molecule has 1 fully saturated rings. The van der Waals surface area contributed by atoms with Crippen LogP contribution in [0.5, 0.6) is 0 Å². The number of nitrogens with one attached hydrogen (secondary N) is 1. The quantitative estimate of drug-likeness (QED) is 0.534. The molecular weight excluding hydrogens is 365 g/mol. The van der Waals surface area contributed by atoms with Crippen LogP contribution in [0.25, 0.3) is 16.6 Å². The lowest BCUT2D eigenvalue weighted by molar-refractivity contribution is -0.905. The number of rotatable bonds is 5. The summed E-state index contributed by atoms with van der Waals surface area (Å²) in [5.41, 5.74) is 1.18. The lowest BCUT2D eigenvalue weighted by Gasteiger charge is -2.23. The predicted octanol–water partition coefficient (Wildman–Crippen LogP) is 1.53. The average Bonchev–Trinajstić information content (AvgIpc) is 2.70. The highest BCUT2D eigenvalue weighted by molar-refractivity contribution is 7.99. The number of nitrogens with zero attached hydrogens (tertiary/aromatic N) is 2. The summed E-state index contributed by atoms with van der Waals surface area (Å²) in [6, 6.07) is 13.3. The van der Waals surface area contributed by atoms with Crippen LogP contribution in [0, 0.1) is 5.82 Å². The van der Waals surface area contributed by atoms with E-state index >= 15 is 0 Å². The van der Waals surface area contributed by atoms with Gasteiger partial charge in [0.25, 0.3) is 5.56 Å². The van der Waals surface area contributed by atoms with Crippen molar-refractivity contribution < 1.29 is 14.0 Å². The fraction of sp³-hybridized carbons (Fsp3) is 0.300. The molecule has 2 heterocycles. The molecule has 1 N–H and O–H groups in total. The van der Waals surface area contributed by atoms with Crippen molar-refractivity contribution in [3.63, 3.8) is 0 Å². The number of quaternary nitrogens is 1. The maximum atomic E-state index is 13.3. The Kier molecular flexibility index (Phi) is 5.52. The van der Waals surface area contributed by atoms with Crippen molar-refractivity contribution in [2.75, 3.05) is 38.6 Å². The molecule has 0 aliphatic carbocycles. The number of ether oxygens (including phenoxy) is 1. The molecule has 2 aromatic carbocycles. The van der Waals surface area contributed by atoms with E-state index in [-0.39, 0.29) is 11.4 Å². The summed E-state index contributed by atoms with van der Waals surface area (Å²) in [6.07, 6.45) is 0. The Morgan fingerprint density at radius 2 is 1.85 bits per heavy atom. The number of hydrogen-bond acceptors (Lipinski definition) is 4. The number of morpholine rings is 1. The van der Waals surface area contributed by atoms with Crippen LogP contribution in [0.15, 0.2) is 58.5 Å². The molecule has 7 heteroatoms. The van der Waals surface area contributed by atoms with Crippen molar-refractivity contribution in [1.29, 1.82) is 0 Å². The van der Waals surface area contributed by atoms with E-state index in [1.807, 2.05) is 18.2 Å². The molecule has 1 aliphatic rings. The summed E-state index contributed by atoms with van der Waals surface area (Å²) in [4.78, 5) is 19.3. The van der Waals surface area contributed by atoms with E-state index in [2.05, 4.69) is 0 Å². The van der Waals surface area contributed by atoms with E-state index in [0.717, 1.165) is 38.6 Å². The Hall–Kier alpha value is -2.22. The highest BCUT2D eigenvalue weighted by atomic mass is 32.2. The first kappa shape index (κ1) is 18.2. The zero-order chi connectivity index (χ0) is 18.6. The van der Waals surface area contributed by atoms with Crippen molar-refractivity contribution in [3.8, 4) is 5.69 Å². The predicted molar refractivity (Wildman–Crippen MR) is 104 cm³/mol. The first-order chi connectivity index (χ1) is 13.2. The zero-order valence-corrected chi connectivity index (χ0v) is 15.7. The number of aromatic nitrogens is 2. The number of para-hydroxylation sites is 1. The molecule has 3 aromatic rings. The molecule has 0 spiro atoms. The Morgan fingerprint density at radius 1 is 1.11 bits per heavy atom. The summed E-state index contributed by atoms with van der Waals surface area (Å²) in [7, 11) is 0. The fourth-order valence-corrected chi connectivity index (χ4v) is 4.28. The van der Waals surface area contributed by atoms with Crippen molar-refractivity contribution >= 4 is 22.7 Å². The molecule has 0 saturated carbocycles. The minimum atomic E-state index is -0.328. The SMILES string of the molecule is O=c1c2ccccc2nc(SCC[NH+]2CCOCC2)n1-c1ccc(F)cc1. The third-order valence-corrected chi connectivity index (χ3v) is 5.66. The van der Waals surface area contributed by atoms with E-state index in [9.17, 15) is 9.18 Å². The van der Waals surface area contributed by atoms with Gasteiger partial charge in [-0.3, -0.25) is 9.36 Å². The van der Waals surface area contributed by atoms with Crippen LogP contribution in [0.4, 0.5) is 4.39 Å². The summed E-state index contributed by atoms with van der Waals surface area (Å²) in [5, 5.41) is 1.20. The van der Waals surface area contributed by atoms with Gasteiger partial charge >= 0.3 is 0 Å². The second kappa shape index (κ2) is 8.21. The molecule has 27 heavy (non-hydrogen) atoms. The van der Waals surface area contributed by atoms with Crippen molar-refractivity contribution in [2.45, 2.75) is 5.16 Å². The van der Waals surface area contributed by atoms with Gasteiger partial charge < -0.3 is 9.64 Å². The van der Waals surface area contributed by atoms with E-state index in [0.29, 0.717) is 21.7 Å². The highest BCUT2D eigenvalue weighted by Crippen LogP contribution is 2.21. The number of hydrogen-bond donors (Lipinski definition) is 1. The Labute approximate surface area is 160 Å². The Balaban J connectivity index is 1.67. The first-order valence-corrected chi connectivity index (χ1v) is 10.0. The van der Waals surface area contributed by atoms with E-state index in [1.165, 1.54) is 17.0 Å². The van der Waals surface area contributed by atoms with E-state index in [4.69, 9.17) is 9.72 Å². The van der Waals surface area contributed by atoms with Gasteiger partial charge in [-0.15, -0.1) is 0 Å². The standard InChI is InChI=1S/C20H20FN3O2S/c21-15-5-7-16(8-6-15)24-19(25)17-3-1-2-4-18(17)22-20(24)27-14-11-23-9-12-26-13-10-23/h1-8H,9-14H2/p+1.